The van der Waals surface area contributed by atoms with E-state index in [0.29, 0.717) is 12.5 Å². The van der Waals surface area contributed by atoms with Gasteiger partial charge >= 0.3 is 6.09 Å². The lowest BCUT2D eigenvalue weighted by atomic mass is 9.85. The molecule has 0 aromatic heterocycles. The van der Waals surface area contributed by atoms with Crippen molar-refractivity contribution < 1.29 is 9.53 Å². The Bertz CT molecular complexity index is 300. The Morgan fingerprint density at radius 1 is 1.44 bits per heavy atom. The molecule has 18 heavy (non-hydrogen) atoms. The number of rotatable bonds is 2. The third-order valence-corrected chi connectivity index (χ3v) is 3.83. The van der Waals surface area contributed by atoms with E-state index in [1.807, 2.05) is 20.8 Å². The van der Waals surface area contributed by atoms with Crippen molar-refractivity contribution in [2.75, 3.05) is 26.2 Å². The van der Waals surface area contributed by atoms with Gasteiger partial charge in [0.05, 0.1) is 0 Å². The third-order valence-electron chi connectivity index (χ3n) is 3.83. The van der Waals surface area contributed by atoms with Crippen LogP contribution in [0.25, 0.3) is 0 Å². The Morgan fingerprint density at radius 2 is 2.22 bits per heavy atom. The number of nitrogens with one attached hydrogen (secondary N) is 3. The zero-order valence-electron chi connectivity index (χ0n) is 11.6. The summed E-state index contributed by atoms with van der Waals surface area (Å²) in [5, 5.41) is 9.91. The van der Waals surface area contributed by atoms with Crippen LogP contribution in [0.15, 0.2) is 0 Å². The molecule has 2 heterocycles. The van der Waals surface area contributed by atoms with Crippen molar-refractivity contribution in [1.82, 2.24) is 16.0 Å². The second kappa shape index (κ2) is 5.05. The first-order valence-electron chi connectivity index (χ1n) is 6.84. The maximum atomic E-state index is 11.6. The van der Waals surface area contributed by atoms with Gasteiger partial charge in [-0.15, -0.1) is 0 Å². The number of carbonyl (C=O) groups is 1. The van der Waals surface area contributed by atoms with Crippen molar-refractivity contribution >= 4 is 6.09 Å². The molecule has 0 aromatic carbocycles. The van der Waals surface area contributed by atoms with Gasteiger partial charge in [0.15, 0.2) is 0 Å². The summed E-state index contributed by atoms with van der Waals surface area (Å²) in [5.41, 5.74) is -0.236. The largest absolute Gasteiger partial charge is 0.444 e. The average Bonchev–Trinajstić information content (AvgIpc) is 2.85. The predicted octanol–water partition coefficient (Wildman–Crippen LogP) is 0.853. The lowest BCUT2D eigenvalue weighted by Crippen LogP contribution is -2.50. The van der Waals surface area contributed by atoms with Gasteiger partial charge in [0, 0.05) is 18.6 Å². The minimum absolute atomic E-state index is 0.189. The summed E-state index contributed by atoms with van der Waals surface area (Å²) < 4.78 is 5.26. The zero-order chi connectivity index (χ0) is 13.2. The van der Waals surface area contributed by atoms with Crippen LogP contribution in [0, 0.1) is 5.92 Å². The van der Waals surface area contributed by atoms with Crippen molar-refractivity contribution in [3.05, 3.63) is 0 Å². The molecule has 0 aliphatic carbocycles. The highest BCUT2D eigenvalue weighted by atomic mass is 16.6. The molecule has 0 aromatic rings. The van der Waals surface area contributed by atoms with Crippen LogP contribution in [0.4, 0.5) is 4.79 Å². The molecule has 0 radical (unpaired) electrons. The molecule has 2 rings (SSSR count). The number of amides is 1. The minimum atomic E-state index is -0.426. The van der Waals surface area contributed by atoms with Crippen LogP contribution in [-0.4, -0.2) is 43.4 Å². The SMILES string of the molecule is CC(C)(C)OC(=O)NCC1CCNC12CCNC2. The predicted molar refractivity (Wildman–Crippen MR) is 70.6 cm³/mol. The minimum Gasteiger partial charge on any atom is -0.444 e. The summed E-state index contributed by atoms with van der Waals surface area (Å²) >= 11 is 0. The molecule has 5 heteroatoms. The number of carbonyl (C=O) groups excluding carboxylic acids is 1. The van der Waals surface area contributed by atoms with E-state index in [1.165, 1.54) is 0 Å². The second-order valence-corrected chi connectivity index (χ2v) is 6.38. The first kappa shape index (κ1) is 13.6. The molecule has 1 amide bonds. The molecular formula is C13H25N3O2. The van der Waals surface area contributed by atoms with Gasteiger partial charge in [-0.3, -0.25) is 0 Å². The van der Waals surface area contributed by atoms with Gasteiger partial charge in [-0.2, -0.15) is 0 Å². The summed E-state index contributed by atoms with van der Waals surface area (Å²) in [6.45, 7) is 9.46. The average molecular weight is 255 g/mol. The fourth-order valence-corrected chi connectivity index (χ4v) is 2.94. The van der Waals surface area contributed by atoms with Crippen LogP contribution in [0.1, 0.15) is 33.6 Å². The van der Waals surface area contributed by atoms with Gasteiger partial charge in [-0.05, 0) is 52.6 Å². The smallest absolute Gasteiger partial charge is 0.407 e. The first-order chi connectivity index (χ1) is 8.41. The number of alkyl carbamates (subject to hydrolysis) is 1. The van der Waals surface area contributed by atoms with Crippen molar-refractivity contribution in [3.63, 3.8) is 0 Å². The molecular weight excluding hydrogens is 230 g/mol. The maximum Gasteiger partial charge on any atom is 0.407 e. The van der Waals surface area contributed by atoms with Crippen molar-refractivity contribution in [2.45, 2.75) is 44.8 Å². The highest BCUT2D eigenvalue weighted by Crippen LogP contribution is 2.31. The molecule has 0 bridgehead atoms. The highest BCUT2D eigenvalue weighted by molar-refractivity contribution is 5.67. The van der Waals surface area contributed by atoms with Gasteiger partial charge in [0.2, 0.25) is 0 Å². The fraction of sp³-hybridized carbons (Fsp3) is 0.923. The van der Waals surface area contributed by atoms with Crippen LogP contribution in [0.3, 0.4) is 0 Å². The van der Waals surface area contributed by atoms with Crippen LogP contribution in [0.5, 0.6) is 0 Å². The molecule has 2 aliphatic rings. The summed E-state index contributed by atoms with van der Waals surface area (Å²) in [4.78, 5) is 11.6. The van der Waals surface area contributed by atoms with Crippen LogP contribution in [-0.2, 0) is 4.74 Å². The molecule has 0 saturated carbocycles. The van der Waals surface area contributed by atoms with E-state index in [-0.39, 0.29) is 11.6 Å². The number of ether oxygens (including phenoxy) is 1. The van der Waals surface area contributed by atoms with Gasteiger partial charge in [-0.1, -0.05) is 0 Å². The molecule has 2 fully saturated rings. The summed E-state index contributed by atoms with van der Waals surface area (Å²) in [5.74, 6) is 0.500. The standard InChI is InChI=1S/C13H25N3O2/c1-12(2,3)18-11(17)15-8-10-4-6-16-13(10)5-7-14-9-13/h10,14,16H,4-9H2,1-3H3,(H,15,17). The van der Waals surface area contributed by atoms with E-state index in [2.05, 4.69) is 16.0 Å². The summed E-state index contributed by atoms with van der Waals surface area (Å²) in [6.07, 6.45) is 1.96. The summed E-state index contributed by atoms with van der Waals surface area (Å²) in [6, 6.07) is 0. The Morgan fingerprint density at radius 3 is 2.83 bits per heavy atom. The quantitative estimate of drug-likeness (QED) is 0.684. The van der Waals surface area contributed by atoms with Crippen LogP contribution in [0.2, 0.25) is 0 Å². The molecule has 1 spiro atoms. The van der Waals surface area contributed by atoms with Gasteiger partial charge in [0.25, 0.3) is 0 Å². The number of hydrogen-bond donors (Lipinski definition) is 3. The lowest BCUT2D eigenvalue weighted by Gasteiger charge is -2.31. The van der Waals surface area contributed by atoms with E-state index < -0.39 is 5.60 Å². The number of hydrogen-bond acceptors (Lipinski definition) is 4. The first-order valence-corrected chi connectivity index (χ1v) is 6.84. The van der Waals surface area contributed by atoms with Crippen molar-refractivity contribution in [1.29, 1.82) is 0 Å². The monoisotopic (exact) mass is 255 g/mol. The highest BCUT2D eigenvalue weighted by Gasteiger charge is 2.44. The Hall–Kier alpha value is -0.810. The molecule has 3 N–H and O–H groups in total. The Kier molecular flexibility index (Phi) is 3.82. The lowest BCUT2D eigenvalue weighted by molar-refractivity contribution is 0.0513. The molecule has 2 unspecified atom stereocenters. The Balaban J connectivity index is 1.81. The topological polar surface area (TPSA) is 62.4 Å². The third kappa shape index (κ3) is 3.14. The molecule has 2 aliphatic heterocycles. The van der Waals surface area contributed by atoms with E-state index in [0.717, 1.165) is 32.5 Å². The second-order valence-electron chi connectivity index (χ2n) is 6.38. The normalized spacial score (nSPS) is 31.8. The molecule has 2 atom stereocenters. The van der Waals surface area contributed by atoms with Crippen LogP contribution >= 0.6 is 0 Å². The molecule has 5 nitrogen and oxygen atoms in total. The van der Waals surface area contributed by atoms with Gasteiger partial charge in [0.1, 0.15) is 5.60 Å². The van der Waals surface area contributed by atoms with E-state index >= 15 is 0 Å². The van der Waals surface area contributed by atoms with E-state index in [4.69, 9.17) is 4.74 Å². The maximum absolute atomic E-state index is 11.6. The van der Waals surface area contributed by atoms with E-state index in [9.17, 15) is 4.79 Å². The van der Waals surface area contributed by atoms with Gasteiger partial charge in [-0.25, -0.2) is 4.79 Å². The summed E-state index contributed by atoms with van der Waals surface area (Å²) in [7, 11) is 0. The van der Waals surface area contributed by atoms with Crippen molar-refractivity contribution in [3.8, 4) is 0 Å². The van der Waals surface area contributed by atoms with Crippen molar-refractivity contribution in [2.24, 2.45) is 5.92 Å². The van der Waals surface area contributed by atoms with Gasteiger partial charge < -0.3 is 20.7 Å². The molecule has 2 saturated heterocycles. The Labute approximate surface area is 109 Å². The fourth-order valence-electron chi connectivity index (χ4n) is 2.94. The van der Waals surface area contributed by atoms with Crippen LogP contribution < -0.4 is 16.0 Å². The zero-order valence-corrected chi connectivity index (χ0v) is 11.6. The molecule has 104 valence electrons. The van der Waals surface area contributed by atoms with E-state index in [1.54, 1.807) is 0 Å².